The highest BCUT2D eigenvalue weighted by Crippen LogP contribution is 2.37. The van der Waals surface area contributed by atoms with Crippen LogP contribution in [0.25, 0.3) is 0 Å². The molecular formula is C13H18N2O2S. The summed E-state index contributed by atoms with van der Waals surface area (Å²) in [4.78, 5) is 19.9. The van der Waals surface area contributed by atoms with Gasteiger partial charge < -0.3 is 9.64 Å². The molecule has 2 aliphatic rings. The maximum atomic E-state index is 11.8. The number of rotatable bonds is 5. The Morgan fingerprint density at radius 2 is 2.28 bits per heavy atom. The van der Waals surface area contributed by atoms with Crippen molar-refractivity contribution in [2.75, 3.05) is 25.2 Å². The van der Waals surface area contributed by atoms with Gasteiger partial charge in [-0.1, -0.05) is 0 Å². The quantitative estimate of drug-likeness (QED) is 0.820. The molecule has 1 aromatic heterocycles. The maximum Gasteiger partial charge on any atom is 0.186 e. The molecule has 1 heterocycles. The molecule has 1 aromatic rings. The summed E-state index contributed by atoms with van der Waals surface area (Å²) in [5, 5.41) is 1.02. The number of aromatic nitrogens is 1. The third-order valence-electron chi connectivity index (χ3n) is 3.53. The second-order valence-electron chi connectivity index (χ2n) is 4.96. The standard InChI is InChI=1S/C13H18N2O2S/c1-17-8-7-15(9-5-6-9)13-14-12-10(16)3-2-4-11(12)18-13/h9H,2-8H2,1H3. The van der Waals surface area contributed by atoms with Crippen molar-refractivity contribution in [1.82, 2.24) is 4.98 Å². The minimum Gasteiger partial charge on any atom is -0.383 e. The molecular weight excluding hydrogens is 248 g/mol. The van der Waals surface area contributed by atoms with E-state index in [9.17, 15) is 4.79 Å². The highest BCUT2D eigenvalue weighted by molar-refractivity contribution is 7.16. The maximum absolute atomic E-state index is 11.8. The average Bonchev–Trinajstić information content (AvgIpc) is 3.09. The predicted octanol–water partition coefficient (Wildman–Crippen LogP) is 2.28. The van der Waals surface area contributed by atoms with Gasteiger partial charge in [-0.15, -0.1) is 11.3 Å². The summed E-state index contributed by atoms with van der Waals surface area (Å²) >= 11 is 1.70. The fourth-order valence-electron chi connectivity index (χ4n) is 2.39. The lowest BCUT2D eigenvalue weighted by Gasteiger charge is -2.20. The van der Waals surface area contributed by atoms with E-state index in [-0.39, 0.29) is 5.78 Å². The Kier molecular flexibility index (Phi) is 3.35. The molecule has 0 amide bonds. The molecule has 5 heteroatoms. The van der Waals surface area contributed by atoms with Crippen LogP contribution in [0, 0.1) is 0 Å². The van der Waals surface area contributed by atoms with Gasteiger partial charge in [-0.05, 0) is 25.7 Å². The fraction of sp³-hybridized carbons (Fsp3) is 0.692. The molecule has 0 spiro atoms. The fourth-order valence-corrected chi connectivity index (χ4v) is 3.61. The highest BCUT2D eigenvalue weighted by Gasteiger charge is 2.32. The molecule has 4 nitrogen and oxygen atoms in total. The SMILES string of the molecule is COCCN(c1nc2c(s1)CCCC2=O)C1CC1. The third kappa shape index (κ3) is 2.29. The van der Waals surface area contributed by atoms with Gasteiger partial charge in [-0.2, -0.15) is 0 Å². The molecule has 2 aliphatic carbocycles. The van der Waals surface area contributed by atoms with Crippen LogP contribution in [0.5, 0.6) is 0 Å². The molecule has 18 heavy (non-hydrogen) atoms. The second kappa shape index (κ2) is 4.97. The number of fused-ring (bicyclic) bond motifs is 1. The number of Topliss-reactive ketones (excluding diaryl/α,β-unsaturated/α-hetero) is 1. The lowest BCUT2D eigenvalue weighted by molar-refractivity contribution is 0.0968. The topological polar surface area (TPSA) is 42.4 Å². The first-order valence-corrected chi connectivity index (χ1v) is 7.39. The minimum atomic E-state index is 0.223. The summed E-state index contributed by atoms with van der Waals surface area (Å²) in [6.45, 7) is 1.59. The minimum absolute atomic E-state index is 0.223. The van der Waals surface area contributed by atoms with Crippen LogP contribution in [0.1, 0.15) is 41.0 Å². The number of aryl methyl sites for hydroxylation is 1. The van der Waals surface area contributed by atoms with Crippen LogP contribution in [0.3, 0.4) is 0 Å². The van der Waals surface area contributed by atoms with E-state index >= 15 is 0 Å². The molecule has 3 rings (SSSR count). The molecule has 1 saturated carbocycles. The molecule has 98 valence electrons. The van der Waals surface area contributed by atoms with Crippen molar-refractivity contribution in [2.24, 2.45) is 0 Å². The number of carbonyl (C=O) groups excluding carboxylic acids is 1. The van der Waals surface area contributed by atoms with E-state index < -0.39 is 0 Å². The number of anilines is 1. The van der Waals surface area contributed by atoms with E-state index in [4.69, 9.17) is 4.74 Å². The number of thiazole rings is 1. The third-order valence-corrected chi connectivity index (χ3v) is 4.68. The van der Waals surface area contributed by atoms with E-state index in [1.54, 1.807) is 18.4 Å². The van der Waals surface area contributed by atoms with Gasteiger partial charge in [0.2, 0.25) is 0 Å². The first kappa shape index (κ1) is 12.1. The highest BCUT2D eigenvalue weighted by atomic mass is 32.1. The Labute approximate surface area is 111 Å². The van der Waals surface area contributed by atoms with Crippen molar-refractivity contribution in [3.63, 3.8) is 0 Å². The predicted molar refractivity (Wildman–Crippen MR) is 71.6 cm³/mol. The van der Waals surface area contributed by atoms with Gasteiger partial charge in [-0.25, -0.2) is 4.98 Å². The zero-order valence-electron chi connectivity index (χ0n) is 10.6. The molecule has 0 N–H and O–H groups in total. The molecule has 0 atom stereocenters. The van der Waals surface area contributed by atoms with Gasteiger partial charge >= 0.3 is 0 Å². The molecule has 0 aliphatic heterocycles. The molecule has 0 radical (unpaired) electrons. The lowest BCUT2D eigenvalue weighted by atomic mass is 10.0. The van der Waals surface area contributed by atoms with E-state index in [1.807, 2.05) is 0 Å². The Hall–Kier alpha value is -0.940. The van der Waals surface area contributed by atoms with Crippen LogP contribution in [-0.4, -0.2) is 37.1 Å². The van der Waals surface area contributed by atoms with Crippen LogP contribution >= 0.6 is 11.3 Å². The van der Waals surface area contributed by atoms with Crippen LogP contribution in [0.4, 0.5) is 5.13 Å². The van der Waals surface area contributed by atoms with Crippen molar-refractivity contribution in [1.29, 1.82) is 0 Å². The van der Waals surface area contributed by atoms with Crippen LogP contribution < -0.4 is 4.90 Å². The second-order valence-corrected chi connectivity index (χ2v) is 6.02. The van der Waals surface area contributed by atoms with Crippen LogP contribution in [0.2, 0.25) is 0 Å². The summed E-state index contributed by atoms with van der Waals surface area (Å²) in [5.74, 6) is 0.223. The van der Waals surface area contributed by atoms with Gasteiger partial charge in [0, 0.05) is 31.0 Å². The first-order chi connectivity index (χ1) is 8.79. The Bertz CT molecular complexity index is 454. The van der Waals surface area contributed by atoms with Gasteiger partial charge in [0.15, 0.2) is 10.9 Å². The zero-order valence-corrected chi connectivity index (χ0v) is 11.5. The Morgan fingerprint density at radius 1 is 1.44 bits per heavy atom. The molecule has 1 fully saturated rings. The van der Waals surface area contributed by atoms with Crippen LogP contribution in [0.15, 0.2) is 0 Å². The number of carbonyl (C=O) groups is 1. The molecule has 0 bridgehead atoms. The number of ketones is 1. The first-order valence-electron chi connectivity index (χ1n) is 6.58. The zero-order chi connectivity index (χ0) is 12.5. The Morgan fingerprint density at radius 3 is 2.94 bits per heavy atom. The number of ether oxygens (including phenoxy) is 1. The van der Waals surface area contributed by atoms with E-state index in [0.29, 0.717) is 19.1 Å². The van der Waals surface area contributed by atoms with Crippen LogP contribution in [-0.2, 0) is 11.2 Å². The summed E-state index contributed by atoms with van der Waals surface area (Å²) in [5.41, 5.74) is 0.740. The summed E-state index contributed by atoms with van der Waals surface area (Å²) in [6, 6.07) is 0.614. The van der Waals surface area contributed by atoms with E-state index in [0.717, 1.165) is 30.2 Å². The summed E-state index contributed by atoms with van der Waals surface area (Å²) in [7, 11) is 1.72. The molecule has 0 aromatic carbocycles. The summed E-state index contributed by atoms with van der Waals surface area (Å²) in [6.07, 6.45) is 5.14. The van der Waals surface area contributed by atoms with Gasteiger partial charge in [-0.3, -0.25) is 4.79 Å². The monoisotopic (exact) mass is 266 g/mol. The number of nitrogens with zero attached hydrogens (tertiary/aromatic N) is 2. The van der Waals surface area contributed by atoms with Crippen molar-refractivity contribution in [3.05, 3.63) is 10.6 Å². The number of methoxy groups -OCH3 is 1. The van der Waals surface area contributed by atoms with E-state index in [1.165, 1.54) is 17.7 Å². The van der Waals surface area contributed by atoms with E-state index in [2.05, 4.69) is 9.88 Å². The lowest BCUT2D eigenvalue weighted by Crippen LogP contribution is -2.29. The largest absolute Gasteiger partial charge is 0.383 e. The molecule has 0 saturated heterocycles. The smallest absolute Gasteiger partial charge is 0.186 e. The van der Waals surface area contributed by atoms with Crippen molar-refractivity contribution >= 4 is 22.3 Å². The summed E-state index contributed by atoms with van der Waals surface area (Å²) < 4.78 is 5.16. The van der Waals surface area contributed by atoms with Crippen molar-refractivity contribution < 1.29 is 9.53 Å². The Balaban J connectivity index is 1.83. The number of hydrogen-bond donors (Lipinski definition) is 0. The van der Waals surface area contributed by atoms with Crippen molar-refractivity contribution in [2.45, 2.75) is 38.1 Å². The van der Waals surface area contributed by atoms with Gasteiger partial charge in [0.05, 0.1) is 6.61 Å². The number of hydrogen-bond acceptors (Lipinski definition) is 5. The van der Waals surface area contributed by atoms with Crippen molar-refractivity contribution in [3.8, 4) is 0 Å². The van der Waals surface area contributed by atoms with Gasteiger partial charge in [0.1, 0.15) is 5.69 Å². The van der Waals surface area contributed by atoms with Gasteiger partial charge in [0.25, 0.3) is 0 Å². The average molecular weight is 266 g/mol. The molecule has 0 unspecified atom stereocenters. The normalized spacial score (nSPS) is 18.8.